The quantitative estimate of drug-likeness (QED) is 0.412. The molecule has 2 amide bonds. The third kappa shape index (κ3) is 6.27. The highest BCUT2D eigenvalue weighted by Crippen LogP contribution is 2.34. The van der Waals surface area contributed by atoms with E-state index in [4.69, 9.17) is 26.8 Å². The van der Waals surface area contributed by atoms with Crippen LogP contribution < -0.4 is 24.8 Å². The molecule has 0 bridgehead atoms. The number of methoxy groups -OCH3 is 2. The number of carbonyl (C=O) groups is 2. The Kier molecular flexibility index (Phi) is 8.44. The normalized spacial score (nSPS) is 11.0. The Morgan fingerprint density at radius 1 is 0.972 bits per heavy atom. The molecule has 0 aliphatic heterocycles. The summed E-state index contributed by atoms with van der Waals surface area (Å²) in [5.41, 5.74) is 7.17. The number of primary amides is 1. The van der Waals surface area contributed by atoms with Gasteiger partial charge in [0.15, 0.2) is 0 Å². The topological polar surface area (TPSA) is 128 Å². The van der Waals surface area contributed by atoms with Gasteiger partial charge in [-0.25, -0.2) is 8.42 Å². The van der Waals surface area contributed by atoms with Crippen molar-refractivity contribution < 1.29 is 27.5 Å². The van der Waals surface area contributed by atoms with Gasteiger partial charge in [-0.05, 0) is 60.5 Å². The van der Waals surface area contributed by atoms with Gasteiger partial charge in [0.05, 0.1) is 31.4 Å². The molecule has 0 aliphatic carbocycles. The van der Waals surface area contributed by atoms with Crippen LogP contribution >= 0.6 is 11.6 Å². The number of nitrogens with one attached hydrogen (secondary N) is 1. The fraction of sp³-hybridized carbons (Fsp3) is 0.200. The summed E-state index contributed by atoms with van der Waals surface area (Å²) < 4.78 is 39.0. The Hall–Kier alpha value is -3.76. The number of benzene rings is 3. The van der Waals surface area contributed by atoms with Crippen LogP contribution in [0.1, 0.15) is 11.1 Å². The van der Waals surface area contributed by atoms with Crippen molar-refractivity contribution in [3.8, 4) is 11.5 Å². The van der Waals surface area contributed by atoms with Crippen LogP contribution in [0.3, 0.4) is 0 Å². The first-order valence-corrected chi connectivity index (χ1v) is 12.5. The molecule has 0 fully saturated rings. The number of nitrogens with zero attached hydrogens (tertiary/aromatic N) is 1. The molecule has 0 unspecified atom stereocenters. The molecule has 36 heavy (non-hydrogen) atoms. The molecule has 0 saturated carbocycles. The first kappa shape index (κ1) is 26.8. The summed E-state index contributed by atoms with van der Waals surface area (Å²) in [6.45, 7) is 1.20. The van der Waals surface area contributed by atoms with E-state index in [9.17, 15) is 18.0 Å². The van der Waals surface area contributed by atoms with Gasteiger partial charge < -0.3 is 20.5 Å². The lowest BCUT2D eigenvalue weighted by Gasteiger charge is -2.25. The first-order valence-electron chi connectivity index (χ1n) is 10.7. The number of sulfonamides is 1. The number of rotatable bonds is 10. The van der Waals surface area contributed by atoms with Crippen molar-refractivity contribution in [2.24, 2.45) is 5.73 Å². The third-order valence-electron chi connectivity index (χ3n) is 5.21. The molecule has 3 N–H and O–H groups in total. The van der Waals surface area contributed by atoms with Crippen molar-refractivity contribution in [1.29, 1.82) is 0 Å². The second kappa shape index (κ2) is 11.3. The first-order chi connectivity index (χ1) is 17.0. The van der Waals surface area contributed by atoms with Crippen LogP contribution in [-0.4, -0.2) is 41.0 Å². The Morgan fingerprint density at radius 3 is 2.19 bits per heavy atom. The summed E-state index contributed by atoms with van der Waals surface area (Å²) in [5.74, 6) is -0.584. The summed E-state index contributed by atoms with van der Waals surface area (Å²) in [6.07, 6.45) is 0.0663. The van der Waals surface area contributed by atoms with Crippen LogP contribution in [0, 0.1) is 6.92 Å². The van der Waals surface area contributed by atoms with Crippen molar-refractivity contribution in [3.05, 3.63) is 76.8 Å². The molecule has 11 heteroatoms. The van der Waals surface area contributed by atoms with E-state index >= 15 is 0 Å². The van der Waals surface area contributed by atoms with Gasteiger partial charge in [-0.2, -0.15) is 0 Å². The number of ether oxygens (including phenoxy) is 2. The van der Waals surface area contributed by atoms with E-state index in [2.05, 4.69) is 5.32 Å². The number of carbonyl (C=O) groups excluding carboxylic acids is 2. The molecule has 3 rings (SSSR count). The number of aryl methyl sites for hydroxylation is 1. The molecular formula is C25H26ClN3O6S. The van der Waals surface area contributed by atoms with Crippen LogP contribution in [0.5, 0.6) is 11.5 Å². The second-order valence-corrected chi connectivity index (χ2v) is 10.1. The summed E-state index contributed by atoms with van der Waals surface area (Å²) in [4.78, 5) is 24.0. The molecule has 0 aromatic heterocycles. The maximum Gasteiger partial charge on any atom is 0.268 e. The van der Waals surface area contributed by atoms with Gasteiger partial charge in [0.2, 0.25) is 11.8 Å². The van der Waals surface area contributed by atoms with Crippen molar-refractivity contribution in [1.82, 2.24) is 0 Å². The number of anilines is 2. The lowest BCUT2D eigenvalue weighted by molar-refractivity contribution is -0.117. The smallest absolute Gasteiger partial charge is 0.268 e. The lowest BCUT2D eigenvalue weighted by atomic mass is 10.1. The van der Waals surface area contributed by atoms with Crippen LogP contribution in [-0.2, 0) is 26.0 Å². The molecule has 3 aromatic carbocycles. The minimum Gasteiger partial charge on any atom is -0.495 e. The lowest BCUT2D eigenvalue weighted by Crippen LogP contribution is -2.38. The predicted molar refractivity (Wildman–Crippen MR) is 138 cm³/mol. The van der Waals surface area contributed by atoms with Crippen LogP contribution in [0.15, 0.2) is 65.6 Å². The summed E-state index contributed by atoms with van der Waals surface area (Å²) >= 11 is 6.27. The van der Waals surface area contributed by atoms with Crippen molar-refractivity contribution in [3.63, 3.8) is 0 Å². The van der Waals surface area contributed by atoms with E-state index in [0.717, 1.165) is 4.31 Å². The monoisotopic (exact) mass is 531 g/mol. The molecule has 3 aromatic rings. The standard InChI is InChI=1S/C25H26ClN3O6S/c1-16-4-10-22(35-3)23(12-16)36(32,33)29(19-9-11-21(34-2)20(26)14-19)15-25(31)28-18-7-5-17(6-8-18)13-24(27)30/h4-12,14H,13,15H2,1-3H3,(H2,27,30)(H,28,31). The average Bonchev–Trinajstić information content (AvgIpc) is 2.83. The fourth-order valence-electron chi connectivity index (χ4n) is 3.47. The molecule has 0 saturated heterocycles. The zero-order valence-corrected chi connectivity index (χ0v) is 21.5. The Labute approximate surface area is 214 Å². The Balaban J connectivity index is 1.98. The van der Waals surface area contributed by atoms with Gasteiger partial charge >= 0.3 is 0 Å². The number of nitrogens with two attached hydrogens (primary N) is 1. The number of hydrogen-bond donors (Lipinski definition) is 2. The largest absolute Gasteiger partial charge is 0.495 e. The van der Waals surface area contributed by atoms with Crippen molar-refractivity contribution in [2.75, 3.05) is 30.4 Å². The van der Waals surface area contributed by atoms with E-state index in [1.165, 1.54) is 38.5 Å². The van der Waals surface area contributed by atoms with Gasteiger partial charge in [0, 0.05) is 5.69 Å². The third-order valence-corrected chi connectivity index (χ3v) is 7.30. The molecule has 0 aliphatic rings. The van der Waals surface area contributed by atoms with Crippen LogP contribution in [0.4, 0.5) is 11.4 Å². The van der Waals surface area contributed by atoms with E-state index in [-0.39, 0.29) is 27.8 Å². The van der Waals surface area contributed by atoms with Gasteiger partial charge in [-0.3, -0.25) is 13.9 Å². The van der Waals surface area contributed by atoms with E-state index in [1.807, 2.05) is 0 Å². The Bertz CT molecular complexity index is 1380. The van der Waals surface area contributed by atoms with Crippen LogP contribution in [0.25, 0.3) is 0 Å². The van der Waals surface area contributed by atoms with Gasteiger partial charge in [0.25, 0.3) is 10.0 Å². The fourth-order valence-corrected chi connectivity index (χ4v) is 5.38. The van der Waals surface area contributed by atoms with E-state index in [1.54, 1.807) is 43.3 Å². The SMILES string of the molecule is COc1ccc(N(CC(=O)Nc2ccc(CC(N)=O)cc2)S(=O)(=O)c2cc(C)ccc2OC)cc1Cl. The zero-order valence-electron chi connectivity index (χ0n) is 19.9. The highest BCUT2D eigenvalue weighted by Gasteiger charge is 2.31. The maximum atomic E-state index is 13.8. The number of hydrogen-bond acceptors (Lipinski definition) is 6. The minimum atomic E-state index is -4.27. The Morgan fingerprint density at radius 2 is 1.61 bits per heavy atom. The number of halogens is 1. The number of amides is 2. The molecule has 0 atom stereocenters. The molecule has 9 nitrogen and oxygen atoms in total. The average molecular weight is 532 g/mol. The molecule has 190 valence electrons. The molecule has 0 spiro atoms. The second-order valence-electron chi connectivity index (χ2n) is 7.87. The highest BCUT2D eigenvalue weighted by atomic mass is 35.5. The van der Waals surface area contributed by atoms with E-state index < -0.39 is 28.4 Å². The molecular weight excluding hydrogens is 506 g/mol. The molecule has 0 heterocycles. The summed E-state index contributed by atoms with van der Waals surface area (Å²) in [5, 5.41) is 2.85. The molecule has 0 radical (unpaired) electrons. The van der Waals surface area contributed by atoms with Crippen LogP contribution in [0.2, 0.25) is 5.02 Å². The van der Waals surface area contributed by atoms with E-state index in [0.29, 0.717) is 22.6 Å². The van der Waals surface area contributed by atoms with Gasteiger partial charge in [0.1, 0.15) is 22.9 Å². The maximum absolute atomic E-state index is 13.8. The summed E-state index contributed by atoms with van der Waals surface area (Å²) in [6, 6.07) is 15.7. The zero-order chi connectivity index (χ0) is 26.5. The highest BCUT2D eigenvalue weighted by molar-refractivity contribution is 7.93. The van der Waals surface area contributed by atoms with Crippen molar-refractivity contribution in [2.45, 2.75) is 18.2 Å². The predicted octanol–water partition coefficient (Wildman–Crippen LogP) is 3.53. The van der Waals surface area contributed by atoms with Gasteiger partial charge in [-0.1, -0.05) is 29.8 Å². The van der Waals surface area contributed by atoms with Crippen molar-refractivity contribution >= 4 is 44.8 Å². The minimum absolute atomic E-state index is 0.0663. The summed E-state index contributed by atoms with van der Waals surface area (Å²) in [7, 11) is -1.46. The van der Waals surface area contributed by atoms with Gasteiger partial charge in [-0.15, -0.1) is 0 Å².